The minimum Gasteiger partial charge on any atom is -0.493 e. The van der Waals surface area contributed by atoms with E-state index in [4.69, 9.17) is 9.47 Å². The van der Waals surface area contributed by atoms with Crippen molar-refractivity contribution in [3.05, 3.63) is 35.7 Å². The third kappa shape index (κ3) is 3.70. The molecule has 1 aromatic carbocycles. The van der Waals surface area contributed by atoms with Gasteiger partial charge in [0.2, 0.25) is 0 Å². The Bertz CT molecular complexity index is 701. The molecule has 0 radical (unpaired) electrons. The SMILES string of the molecule is COc1ccc(CN/C=C2/N(C)C(S(C)=O)=NC2(C)O)cc1OC. The molecule has 132 valence electrons. The van der Waals surface area contributed by atoms with Gasteiger partial charge in [0.1, 0.15) is 0 Å². The van der Waals surface area contributed by atoms with Crippen LogP contribution in [0.1, 0.15) is 12.5 Å². The topological polar surface area (TPSA) is 83.4 Å². The fourth-order valence-corrected chi connectivity index (χ4v) is 3.28. The zero-order chi connectivity index (χ0) is 17.9. The normalized spacial score (nSPS) is 23.2. The molecule has 0 saturated heterocycles. The number of likely N-dealkylation sites (N-methyl/N-ethyl adjacent to an activating group) is 1. The van der Waals surface area contributed by atoms with E-state index < -0.39 is 16.5 Å². The van der Waals surface area contributed by atoms with Crippen LogP contribution in [0, 0.1) is 0 Å². The molecule has 0 fully saturated rings. The van der Waals surface area contributed by atoms with Crippen molar-refractivity contribution in [2.24, 2.45) is 4.99 Å². The van der Waals surface area contributed by atoms with Crippen molar-refractivity contribution in [2.75, 3.05) is 27.5 Å². The lowest BCUT2D eigenvalue weighted by Gasteiger charge is -2.21. The van der Waals surface area contributed by atoms with Gasteiger partial charge >= 0.3 is 0 Å². The first-order valence-electron chi connectivity index (χ1n) is 7.34. The molecule has 1 aliphatic rings. The quantitative estimate of drug-likeness (QED) is 0.822. The molecule has 0 aromatic heterocycles. The predicted molar refractivity (Wildman–Crippen MR) is 94.4 cm³/mol. The van der Waals surface area contributed by atoms with Gasteiger partial charge in [-0.25, -0.2) is 4.99 Å². The maximum atomic E-state index is 11.7. The van der Waals surface area contributed by atoms with E-state index in [1.54, 1.807) is 39.3 Å². The van der Waals surface area contributed by atoms with Crippen molar-refractivity contribution in [3.63, 3.8) is 0 Å². The second kappa shape index (κ2) is 7.23. The van der Waals surface area contributed by atoms with Crippen molar-refractivity contribution < 1.29 is 18.8 Å². The van der Waals surface area contributed by atoms with Crippen LogP contribution < -0.4 is 14.8 Å². The van der Waals surface area contributed by atoms with Gasteiger partial charge in [-0.1, -0.05) is 6.07 Å². The molecule has 1 heterocycles. The second-order valence-electron chi connectivity index (χ2n) is 5.53. The van der Waals surface area contributed by atoms with E-state index >= 15 is 0 Å². The maximum Gasteiger partial charge on any atom is 0.198 e. The third-order valence-corrected chi connectivity index (χ3v) is 4.58. The van der Waals surface area contributed by atoms with Crippen LogP contribution in [-0.2, 0) is 17.3 Å². The Kier molecular flexibility index (Phi) is 5.51. The second-order valence-corrected chi connectivity index (χ2v) is 6.80. The number of nitrogens with zero attached hydrogens (tertiary/aromatic N) is 2. The number of nitrogens with one attached hydrogen (secondary N) is 1. The van der Waals surface area contributed by atoms with Gasteiger partial charge < -0.3 is 24.8 Å². The number of hydrogen-bond donors (Lipinski definition) is 2. The van der Waals surface area contributed by atoms with Crippen LogP contribution in [0.2, 0.25) is 0 Å². The third-order valence-electron chi connectivity index (χ3n) is 3.70. The summed E-state index contributed by atoms with van der Waals surface area (Å²) in [7, 11) is 3.64. The standard InChI is InChI=1S/C16H23N3O4S/c1-16(20)14(19(2)15(18-16)24(5)21)10-17-9-11-6-7-12(22-3)13(8-11)23-4/h6-8,10,17,20H,9H2,1-5H3/b14-10+. The van der Waals surface area contributed by atoms with Gasteiger partial charge in [0.05, 0.1) is 30.7 Å². The molecule has 24 heavy (non-hydrogen) atoms. The fourth-order valence-electron chi connectivity index (χ4n) is 2.49. The van der Waals surface area contributed by atoms with Gasteiger partial charge in [0.25, 0.3) is 0 Å². The van der Waals surface area contributed by atoms with Crippen LogP contribution >= 0.6 is 0 Å². The predicted octanol–water partition coefficient (Wildman–Crippen LogP) is 1.02. The number of aliphatic hydroxyl groups is 1. The molecular formula is C16H23N3O4S. The molecule has 2 atom stereocenters. The lowest BCUT2D eigenvalue weighted by molar-refractivity contribution is 0.102. The Morgan fingerprint density at radius 3 is 2.58 bits per heavy atom. The molecule has 1 aliphatic heterocycles. The van der Waals surface area contributed by atoms with Gasteiger partial charge in [-0.15, -0.1) is 0 Å². The van der Waals surface area contributed by atoms with E-state index in [1.165, 1.54) is 6.26 Å². The largest absolute Gasteiger partial charge is 0.493 e. The van der Waals surface area contributed by atoms with Crippen LogP contribution in [0.3, 0.4) is 0 Å². The van der Waals surface area contributed by atoms with E-state index in [1.807, 2.05) is 18.2 Å². The summed E-state index contributed by atoms with van der Waals surface area (Å²) in [6.07, 6.45) is 3.21. The Balaban J connectivity index is 2.11. The van der Waals surface area contributed by atoms with Gasteiger partial charge in [0.15, 0.2) is 22.4 Å². The van der Waals surface area contributed by atoms with E-state index in [-0.39, 0.29) is 0 Å². The summed E-state index contributed by atoms with van der Waals surface area (Å²) in [6, 6.07) is 5.64. The molecule has 2 rings (SSSR count). The summed E-state index contributed by atoms with van der Waals surface area (Å²) in [5, 5.41) is 13.9. The first kappa shape index (κ1) is 18.3. The number of hydrogen-bond acceptors (Lipinski definition) is 7. The molecular weight excluding hydrogens is 330 g/mol. The molecule has 0 amide bonds. The van der Waals surface area contributed by atoms with Crippen LogP contribution in [0.25, 0.3) is 0 Å². The lowest BCUT2D eigenvalue weighted by atomic mass is 10.2. The number of aliphatic imine (C=N–C) groups is 1. The summed E-state index contributed by atoms with van der Waals surface area (Å²) in [6.45, 7) is 2.09. The number of methoxy groups -OCH3 is 2. The minimum absolute atomic E-state index is 0.346. The summed E-state index contributed by atoms with van der Waals surface area (Å²) >= 11 is 0. The molecule has 0 bridgehead atoms. The van der Waals surface area contributed by atoms with Crippen LogP contribution in [0.15, 0.2) is 35.1 Å². The molecule has 2 unspecified atom stereocenters. The van der Waals surface area contributed by atoms with E-state index in [0.29, 0.717) is 28.9 Å². The van der Waals surface area contributed by atoms with Crippen molar-refractivity contribution in [1.82, 2.24) is 10.2 Å². The van der Waals surface area contributed by atoms with Gasteiger partial charge in [0, 0.05) is 26.0 Å². The number of ether oxygens (including phenoxy) is 2. The molecule has 8 heteroatoms. The van der Waals surface area contributed by atoms with Crippen molar-refractivity contribution >= 4 is 16.0 Å². The molecule has 0 aliphatic carbocycles. The molecule has 0 spiro atoms. The zero-order valence-corrected chi connectivity index (χ0v) is 15.3. The van der Waals surface area contributed by atoms with E-state index in [0.717, 1.165) is 5.56 Å². The highest BCUT2D eigenvalue weighted by molar-refractivity contribution is 7.99. The van der Waals surface area contributed by atoms with Gasteiger partial charge in [-0.05, 0) is 24.6 Å². The monoisotopic (exact) mass is 353 g/mol. The minimum atomic E-state index is -1.40. The Labute approximate surface area is 144 Å². The Morgan fingerprint density at radius 2 is 2.04 bits per heavy atom. The molecule has 2 N–H and O–H groups in total. The zero-order valence-electron chi connectivity index (χ0n) is 14.5. The summed E-state index contributed by atoms with van der Waals surface area (Å²) in [5.41, 5.74) is 0.124. The Hall–Kier alpha value is -2.06. The number of rotatable bonds is 5. The average Bonchev–Trinajstić information content (AvgIpc) is 2.78. The van der Waals surface area contributed by atoms with Crippen molar-refractivity contribution in [3.8, 4) is 11.5 Å². The summed E-state index contributed by atoms with van der Waals surface area (Å²) < 4.78 is 22.2. The maximum absolute atomic E-state index is 11.7. The molecule has 1 aromatic rings. The fraction of sp³-hybridized carbons (Fsp3) is 0.438. The smallest absolute Gasteiger partial charge is 0.198 e. The van der Waals surface area contributed by atoms with E-state index in [2.05, 4.69) is 10.3 Å². The highest BCUT2D eigenvalue weighted by atomic mass is 32.2. The number of benzene rings is 1. The van der Waals surface area contributed by atoms with Gasteiger partial charge in [-0.3, -0.25) is 4.21 Å². The van der Waals surface area contributed by atoms with Gasteiger partial charge in [-0.2, -0.15) is 0 Å². The average molecular weight is 353 g/mol. The van der Waals surface area contributed by atoms with Crippen molar-refractivity contribution in [2.45, 2.75) is 19.2 Å². The van der Waals surface area contributed by atoms with E-state index in [9.17, 15) is 9.32 Å². The summed E-state index contributed by atoms with van der Waals surface area (Å²) in [4.78, 5) is 5.75. The highest BCUT2D eigenvalue weighted by Crippen LogP contribution is 2.29. The molecule has 0 saturated carbocycles. The van der Waals surface area contributed by atoms with Crippen LogP contribution in [0.4, 0.5) is 0 Å². The van der Waals surface area contributed by atoms with Crippen LogP contribution in [-0.4, -0.2) is 52.6 Å². The molecule has 7 nitrogen and oxygen atoms in total. The first-order valence-corrected chi connectivity index (χ1v) is 8.90. The lowest BCUT2D eigenvalue weighted by Crippen LogP contribution is -2.31. The van der Waals surface area contributed by atoms with Crippen LogP contribution in [0.5, 0.6) is 11.5 Å². The highest BCUT2D eigenvalue weighted by Gasteiger charge is 2.38. The number of amidine groups is 1. The summed E-state index contributed by atoms with van der Waals surface area (Å²) in [5.74, 6) is 1.32. The Morgan fingerprint density at radius 1 is 1.38 bits per heavy atom. The first-order chi connectivity index (χ1) is 11.3. The van der Waals surface area contributed by atoms with Crippen molar-refractivity contribution in [1.29, 1.82) is 0 Å².